The van der Waals surface area contributed by atoms with Crippen molar-refractivity contribution in [2.75, 3.05) is 25.1 Å². The van der Waals surface area contributed by atoms with E-state index in [4.69, 9.17) is 4.74 Å². The monoisotopic (exact) mass is 217 g/mol. The molecule has 0 radical (unpaired) electrons. The molecule has 1 aliphatic heterocycles. The molecular formula is C14H19NO. The summed E-state index contributed by atoms with van der Waals surface area (Å²) < 4.78 is 5.42. The molecule has 0 spiro atoms. The maximum absolute atomic E-state index is 5.42. The van der Waals surface area contributed by atoms with Gasteiger partial charge in [0.15, 0.2) is 0 Å². The fourth-order valence-electron chi connectivity index (χ4n) is 2.03. The summed E-state index contributed by atoms with van der Waals surface area (Å²) in [6.07, 6.45) is 3.33. The Hall–Kier alpha value is -1.28. The second kappa shape index (κ2) is 5.17. The number of hydrogen-bond acceptors (Lipinski definition) is 2. The lowest BCUT2D eigenvalue weighted by atomic mass is 10.1. The van der Waals surface area contributed by atoms with E-state index in [-0.39, 0.29) is 0 Å². The van der Waals surface area contributed by atoms with Gasteiger partial charge in [-0.15, -0.1) is 0 Å². The SMILES string of the molecule is Cc1cccc(C)c1NCC1=CCCOC1. The van der Waals surface area contributed by atoms with Crippen molar-refractivity contribution in [1.82, 2.24) is 0 Å². The third kappa shape index (κ3) is 2.64. The zero-order valence-corrected chi connectivity index (χ0v) is 10.0. The molecule has 0 atom stereocenters. The second-order valence-electron chi connectivity index (χ2n) is 4.32. The molecule has 86 valence electrons. The lowest BCUT2D eigenvalue weighted by molar-refractivity contribution is 0.150. The third-order valence-electron chi connectivity index (χ3n) is 2.96. The highest BCUT2D eigenvalue weighted by molar-refractivity contribution is 5.57. The van der Waals surface area contributed by atoms with Crippen LogP contribution in [0.5, 0.6) is 0 Å². The Kier molecular flexibility index (Phi) is 3.62. The van der Waals surface area contributed by atoms with Crippen molar-refractivity contribution >= 4 is 5.69 Å². The molecular weight excluding hydrogens is 198 g/mol. The molecule has 0 aliphatic carbocycles. The van der Waals surface area contributed by atoms with Crippen molar-refractivity contribution in [3.63, 3.8) is 0 Å². The van der Waals surface area contributed by atoms with Crippen LogP contribution in [-0.4, -0.2) is 19.8 Å². The van der Waals surface area contributed by atoms with Crippen molar-refractivity contribution in [3.05, 3.63) is 41.0 Å². The van der Waals surface area contributed by atoms with E-state index in [1.807, 2.05) is 0 Å². The summed E-state index contributed by atoms with van der Waals surface area (Å²) in [5.41, 5.74) is 5.22. The zero-order valence-electron chi connectivity index (χ0n) is 10.0. The van der Waals surface area contributed by atoms with Crippen molar-refractivity contribution < 1.29 is 4.74 Å². The minimum atomic E-state index is 0.776. The number of para-hydroxylation sites is 1. The molecule has 1 aromatic rings. The minimum Gasteiger partial charge on any atom is -0.381 e. The molecule has 0 aromatic heterocycles. The summed E-state index contributed by atoms with van der Waals surface area (Å²) in [5, 5.41) is 3.50. The van der Waals surface area contributed by atoms with Crippen molar-refractivity contribution in [2.24, 2.45) is 0 Å². The Labute approximate surface area is 97.3 Å². The molecule has 2 nitrogen and oxygen atoms in total. The Bertz CT molecular complexity index is 375. The van der Waals surface area contributed by atoms with Gasteiger partial charge in [0.25, 0.3) is 0 Å². The molecule has 0 fully saturated rings. The van der Waals surface area contributed by atoms with E-state index in [0.29, 0.717) is 0 Å². The summed E-state index contributed by atoms with van der Waals surface area (Å²) in [5.74, 6) is 0. The first kappa shape index (κ1) is 11.2. The van der Waals surface area contributed by atoms with Gasteiger partial charge in [0.05, 0.1) is 13.2 Å². The van der Waals surface area contributed by atoms with Crippen molar-refractivity contribution in [3.8, 4) is 0 Å². The van der Waals surface area contributed by atoms with Gasteiger partial charge in [-0.05, 0) is 37.0 Å². The van der Waals surface area contributed by atoms with E-state index in [2.05, 4.69) is 43.4 Å². The molecule has 2 rings (SSSR count). The first-order valence-electron chi connectivity index (χ1n) is 5.83. The van der Waals surface area contributed by atoms with E-state index < -0.39 is 0 Å². The van der Waals surface area contributed by atoms with Crippen LogP contribution in [0, 0.1) is 13.8 Å². The normalized spacial score (nSPS) is 15.8. The quantitative estimate of drug-likeness (QED) is 0.786. The van der Waals surface area contributed by atoms with Gasteiger partial charge < -0.3 is 10.1 Å². The highest BCUT2D eigenvalue weighted by atomic mass is 16.5. The van der Waals surface area contributed by atoms with Gasteiger partial charge in [0, 0.05) is 12.2 Å². The van der Waals surface area contributed by atoms with Crippen LogP contribution in [0.4, 0.5) is 5.69 Å². The zero-order chi connectivity index (χ0) is 11.4. The molecule has 1 heterocycles. The fourth-order valence-corrected chi connectivity index (χ4v) is 2.03. The van der Waals surface area contributed by atoms with E-state index >= 15 is 0 Å². The molecule has 0 amide bonds. The molecule has 16 heavy (non-hydrogen) atoms. The van der Waals surface area contributed by atoms with Crippen molar-refractivity contribution in [2.45, 2.75) is 20.3 Å². The first-order valence-corrected chi connectivity index (χ1v) is 5.83. The van der Waals surface area contributed by atoms with Gasteiger partial charge in [0.2, 0.25) is 0 Å². The molecule has 2 heteroatoms. The Morgan fingerprint density at radius 2 is 2.00 bits per heavy atom. The number of ether oxygens (including phenoxy) is 1. The van der Waals surface area contributed by atoms with Gasteiger partial charge in [-0.25, -0.2) is 0 Å². The van der Waals surface area contributed by atoms with Crippen LogP contribution in [0.25, 0.3) is 0 Å². The molecule has 0 bridgehead atoms. The molecule has 0 unspecified atom stereocenters. The Balaban J connectivity index is 2.01. The van der Waals surface area contributed by atoms with Gasteiger partial charge in [-0.3, -0.25) is 0 Å². The van der Waals surface area contributed by atoms with Crippen LogP contribution >= 0.6 is 0 Å². The number of benzene rings is 1. The third-order valence-corrected chi connectivity index (χ3v) is 2.96. The average Bonchev–Trinajstić information content (AvgIpc) is 2.30. The van der Waals surface area contributed by atoms with Crippen LogP contribution < -0.4 is 5.32 Å². The fraction of sp³-hybridized carbons (Fsp3) is 0.429. The number of rotatable bonds is 3. The standard InChI is InChI=1S/C14H19NO/c1-11-5-3-6-12(2)14(11)15-9-13-7-4-8-16-10-13/h3,5-7,15H,4,8-10H2,1-2H3. The van der Waals surface area contributed by atoms with Gasteiger partial charge >= 0.3 is 0 Å². The summed E-state index contributed by atoms with van der Waals surface area (Å²) in [6.45, 7) is 6.82. The number of aryl methyl sites for hydroxylation is 2. The Morgan fingerprint density at radius 1 is 1.25 bits per heavy atom. The first-order chi connectivity index (χ1) is 7.77. The number of hydrogen-bond donors (Lipinski definition) is 1. The van der Waals surface area contributed by atoms with Gasteiger partial charge in [-0.1, -0.05) is 24.3 Å². The van der Waals surface area contributed by atoms with E-state index in [9.17, 15) is 0 Å². The molecule has 1 aromatic carbocycles. The predicted molar refractivity (Wildman–Crippen MR) is 67.9 cm³/mol. The van der Waals surface area contributed by atoms with Gasteiger partial charge in [0.1, 0.15) is 0 Å². The predicted octanol–water partition coefficient (Wildman–Crippen LogP) is 3.06. The maximum atomic E-state index is 5.42. The van der Waals surface area contributed by atoms with Crippen LogP contribution in [0.2, 0.25) is 0 Å². The number of anilines is 1. The number of nitrogens with one attached hydrogen (secondary N) is 1. The summed E-state index contributed by atoms with van der Waals surface area (Å²) in [6, 6.07) is 6.38. The van der Waals surface area contributed by atoms with Crippen molar-refractivity contribution in [1.29, 1.82) is 0 Å². The topological polar surface area (TPSA) is 21.3 Å². The largest absolute Gasteiger partial charge is 0.381 e. The van der Waals surface area contributed by atoms with E-state index in [1.54, 1.807) is 0 Å². The summed E-state index contributed by atoms with van der Waals surface area (Å²) >= 11 is 0. The molecule has 1 N–H and O–H groups in total. The summed E-state index contributed by atoms with van der Waals surface area (Å²) in [4.78, 5) is 0. The molecule has 0 saturated carbocycles. The van der Waals surface area contributed by atoms with Crippen LogP contribution in [0.3, 0.4) is 0 Å². The lowest BCUT2D eigenvalue weighted by Crippen LogP contribution is -2.14. The molecule has 1 aliphatic rings. The second-order valence-corrected chi connectivity index (χ2v) is 4.32. The smallest absolute Gasteiger partial charge is 0.0693 e. The molecule has 0 saturated heterocycles. The van der Waals surface area contributed by atoms with Crippen LogP contribution in [-0.2, 0) is 4.74 Å². The highest BCUT2D eigenvalue weighted by Gasteiger charge is 2.05. The van der Waals surface area contributed by atoms with E-state index in [0.717, 1.165) is 26.2 Å². The van der Waals surface area contributed by atoms with Gasteiger partial charge in [-0.2, -0.15) is 0 Å². The average molecular weight is 217 g/mol. The van der Waals surface area contributed by atoms with E-state index in [1.165, 1.54) is 22.4 Å². The summed E-state index contributed by atoms with van der Waals surface area (Å²) in [7, 11) is 0. The maximum Gasteiger partial charge on any atom is 0.0693 e. The Morgan fingerprint density at radius 3 is 2.62 bits per heavy atom. The lowest BCUT2D eigenvalue weighted by Gasteiger charge is -2.17. The minimum absolute atomic E-state index is 0.776. The van der Waals surface area contributed by atoms with Crippen LogP contribution in [0.15, 0.2) is 29.8 Å². The highest BCUT2D eigenvalue weighted by Crippen LogP contribution is 2.20. The van der Waals surface area contributed by atoms with Crippen LogP contribution in [0.1, 0.15) is 17.5 Å².